The third kappa shape index (κ3) is 3.10. The van der Waals surface area contributed by atoms with E-state index in [-0.39, 0.29) is 47.9 Å². The molecule has 1 saturated heterocycles. The van der Waals surface area contributed by atoms with E-state index in [2.05, 4.69) is 33.4 Å². The minimum atomic E-state index is -0.346. The third-order valence-corrected chi connectivity index (χ3v) is 7.29. The fourth-order valence-electron chi connectivity index (χ4n) is 5.64. The zero-order valence-electron chi connectivity index (χ0n) is 15.8. The quantitative estimate of drug-likeness (QED) is 0.717. The van der Waals surface area contributed by atoms with Crippen molar-refractivity contribution < 1.29 is 14.4 Å². The number of benzene rings is 2. The molecule has 5 rings (SSSR count). The van der Waals surface area contributed by atoms with Crippen LogP contribution in [0, 0.1) is 23.7 Å². The van der Waals surface area contributed by atoms with Gasteiger partial charge >= 0.3 is 0 Å². The fraction of sp³-hybridized carbons (Fsp3) is 0.348. The number of rotatable bonds is 4. The van der Waals surface area contributed by atoms with Crippen molar-refractivity contribution in [2.45, 2.75) is 18.8 Å². The second kappa shape index (κ2) is 7.10. The molecule has 2 bridgehead atoms. The number of imide groups is 1. The van der Waals surface area contributed by atoms with E-state index in [0.717, 1.165) is 17.3 Å². The summed E-state index contributed by atoms with van der Waals surface area (Å²) in [5.41, 5.74) is 1.90. The fourth-order valence-corrected chi connectivity index (χ4v) is 5.90. The molecule has 1 aliphatic heterocycles. The Kier molecular flexibility index (Phi) is 4.54. The number of carbonyl (C=O) groups is 3. The van der Waals surface area contributed by atoms with Gasteiger partial charge < -0.3 is 5.32 Å². The van der Waals surface area contributed by atoms with Gasteiger partial charge in [0.05, 0.1) is 11.8 Å². The van der Waals surface area contributed by atoms with Crippen LogP contribution in [0.2, 0.25) is 0 Å². The van der Waals surface area contributed by atoms with E-state index in [1.54, 1.807) is 12.1 Å². The lowest BCUT2D eigenvalue weighted by Gasteiger charge is -2.28. The summed E-state index contributed by atoms with van der Waals surface area (Å²) in [5.74, 6) is -0.421. The highest BCUT2D eigenvalue weighted by Gasteiger charge is 2.63. The van der Waals surface area contributed by atoms with E-state index in [1.165, 1.54) is 10.5 Å². The first kappa shape index (κ1) is 18.6. The largest absolute Gasteiger partial charge is 0.325 e. The van der Waals surface area contributed by atoms with E-state index in [1.807, 2.05) is 30.3 Å². The van der Waals surface area contributed by atoms with Crippen molar-refractivity contribution >= 4 is 39.3 Å². The highest BCUT2D eigenvalue weighted by Crippen LogP contribution is 2.61. The molecular weight excluding hydrogens is 432 g/mol. The van der Waals surface area contributed by atoms with Crippen LogP contribution in [0.15, 0.2) is 59.1 Å². The van der Waals surface area contributed by atoms with Gasteiger partial charge in [-0.3, -0.25) is 19.3 Å². The van der Waals surface area contributed by atoms with Gasteiger partial charge in [0, 0.05) is 10.2 Å². The maximum atomic E-state index is 13.1. The van der Waals surface area contributed by atoms with E-state index >= 15 is 0 Å². The molecule has 1 N–H and O–H groups in total. The summed E-state index contributed by atoms with van der Waals surface area (Å²) in [6, 6.07) is 17.5. The predicted molar refractivity (Wildman–Crippen MR) is 112 cm³/mol. The molecule has 3 amide bonds. The SMILES string of the molecule is O=C(CN1C(=O)[C@@H]2[C@@H]3C[C@H]([C@H]2C1=O)[C@H](c1ccccc1)C3)Nc1ccc(Br)cc1. The molecule has 5 atom stereocenters. The van der Waals surface area contributed by atoms with Crippen molar-refractivity contribution in [2.75, 3.05) is 11.9 Å². The summed E-state index contributed by atoms with van der Waals surface area (Å²) in [4.78, 5) is 39.7. The Bertz CT molecular complexity index is 975. The standard InChI is InChI=1S/C23H21BrN2O3/c24-15-6-8-16(9-7-15)25-19(27)12-26-22(28)20-14-10-17(13-4-2-1-3-5-13)18(11-14)21(20)23(26)29/h1-9,14,17-18,20-21H,10-12H2,(H,25,27)/t14-,17-,18-,20+,21+/m0/s1. The molecule has 0 spiro atoms. The summed E-state index contributed by atoms with van der Waals surface area (Å²) in [6.45, 7) is -0.212. The summed E-state index contributed by atoms with van der Waals surface area (Å²) in [5, 5.41) is 2.77. The van der Waals surface area contributed by atoms with Crippen LogP contribution in [-0.4, -0.2) is 29.2 Å². The van der Waals surface area contributed by atoms with Gasteiger partial charge in [0.2, 0.25) is 17.7 Å². The molecule has 5 nitrogen and oxygen atoms in total. The molecule has 0 radical (unpaired) electrons. The lowest BCUT2D eigenvalue weighted by atomic mass is 9.73. The monoisotopic (exact) mass is 452 g/mol. The molecule has 2 aromatic rings. The van der Waals surface area contributed by atoms with Crippen molar-refractivity contribution in [3.63, 3.8) is 0 Å². The van der Waals surface area contributed by atoms with Gasteiger partial charge in [0.25, 0.3) is 0 Å². The number of hydrogen-bond donors (Lipinski definition) is 1. The first-order valence-electron chi connectivity index (χ1n) is 9.98. The Morgan fingerprint density at radius 3 is 2.38 bits per heavy atom. The first-order chi connectivity index (χ1) is 14.0. The number of nitrogens with one attached hydrogen (secondary N) is 1. The van der Waals surface area contributed by atoms with Crippen molar-refractivity contribution in [3.05, 3.63) is 64.6 Å². The van der Waals surface area contributed by atoms with Crippen molar-refractivity contribution in [1.29, 1.82) is 0 Å². The van der Waals surface area contributed by atoms with Crippen LogP contribution in [0.25, 0.3) is 0 Å². The Hall–Kier alpha value is -2.47. The van der Waals surface area contributed by atoms with Gasteiger partial charge in [-0.2, -0.15) is 0 Å². The minimum absolute atomic E-state index is 0.162. The van der Waals surface area contributed by atoms with Crippen molar-refractivity contribution in [2.24, 2.45) is 23.7 Å². The minimum Gasteiger partial charge on any atom is -0.325 e. The van der Waals surface area contributed by atoms with E-state index in [4.69, 9.17) is 0 Å². The van der Waals surface area contributed by atoms with Gasteiger partial charge in [-0.05, 0) is 60.4 Å². The second-order valence-electron chi connectivity index (χ2n) is 8.28. The van der Waals surface area contributed by atoms with Crippen LogP contribution < -0.4 is 5.32 Å². The Labute approximate surface area is 177 Å². The molecule has 1 heterocycles. The van der Waals surface area contributed by atoms with E-state index < -0.39 is 0 Å². The zero-order chi connectivity index (χ0) is 20.1. The lowest BCUT2D eigenvalue weighted by molar-refractivity contribution is -0.143. The van der Waals surface area contributed by atoms with Crippen LogP contribution >= 0.6 is 15.9 Å². The third-order valence-electron chi connectivity index (χ3n) is 6.76. The van der Waals surface area contributed by atoms with Crippen LogP contribution in [0.4, 0.5) is 5.69 Å². The maximum Gasteiger partial charge on any atom is 0.244 e. The summed E-state index contributed by atoms with van der Waals surface area (Å²) in [7, 11) is 0. The molecule has 29 heavy (non-hydrogen) atoms. The summed E-state index contributed by atoms with van der Waals surface area (Å²) in [6.07, 6.45) is 1.89. The highest BCUT2D eigenvalue weighted by molar-refractivity contribution is 9.10. The molecule has 3 fully saturated rings. The van der Waals surface area contributed by atoms with Crippen molar-refractivity contribution in [1.82, 2.24) is 4.90 Å². The number of halogens is 1. The maximum absolute atomic E-state index is 13.1. The Balaban J connectivity index is 1.31. The molecule has 6 heteroatoms. The second-order valence-corrected chi connectivity index (χ2v) is 9.20. The number of amides is 3. The normalized spacial score (nSPS) is 30.0. The van der Waals surface area contributed by atoms with Gasteiger partial charge in [0.15, 0.2) is 0 Å². The number of anilines is 1. The molecule has 0 aromatic heterocycles. The van der Waals surface area contributed by atoms with Crippen LogP contribution in [-0.2, 0) is 14.4 Å². The number of nitrogens with zero attached hydrogens (tertiary/aromatic N) is 1. The van der Waals surface area contributed by atoms with Crippen LogP contribution in [0.1, 0.15) is 24.3 Å². The summed E-state index contributed by atoms with van der Waals surface area (Å²) < 4.78 is 0.914. The Morgan fingerprint density at radius 2 is 1.66 bits per heavy atom. The number of fused-ring (bicyclic) bond motifs is 5. The molecule has 2 aliphatic carbocycles. The van der Waals surface area contributed by atoms with E-state index in [0.29, 0.717) is 11.6 Å². The number of hydrogen-bond acceptors (Lipinski definition) is 3. The van der Waals surface area contributed by atoms with Gasteiger partial charge in [-0.25, -0.2) is 0 Å². The van der Waals surface area contributed by atoms with Gasteiger partial charge in [-0.15, -0.1) is 0 Å². The van der Waals surface area contributed by atoms with Gasteiger partial charge in [-0.1, -0.05) is 46.3 Å². The van der Waals surface area contributed by atoms with Crippen LogP contribution in [0.5, 0.6) is 0 Å². The average molecular weight is 453 g/mol. The smallest absolute Gasteiger partial charge is 0.244 e. The average Bonchev–Trinajstić information content (AvgIpc) is 3.38. The predicted octanol–water partition coefficient (Wildman–Crippen LogP) is 3.81. The lowest BCUT2D eigenvalue weighted by Crippen LogP contribution is -2.39. The first-order valence-corrected chi connectivity index (χ1v) is 10.8. The summed E-state index contributed by atoms with van der Waals surface area (Å²) >= 11 is 3.35. The highest BCUT2D eigenvalue weighted by atomic mass is 79.9. The molecule has 3 aliphatic rings. The topological polar surface area (TPSA) is 66.5 Å². The number of carbonyl (C=O) groups excluding carboxylic acids is 3. The molecule has 2 saturated carbocycles. The number of likely N-dealkylation sites (tertiary alicyclic amines) is 1. The Morgan fingerprint density at radius 1 is 0.966 bits per heavy atom. The van der Waals surface area contributed by atoms with Crippen LogP contribution in [0.3, 0.4) is 0 Å². The van der Waals surface area contributed by atoms with Crippen molar-refractivity contribution in [3.8, 4) is 0 Å². The van der Waals surface area contributed by atoms with Gasteiger partial charge in [0.1, 0.15) is 6.54 Å². The zero-order valence-corrected chi connectivity index (χ0v) is 17.3. The molecule has 0 unspecified atom stereocenters. The molecule has 148 valence electrons. The van der Waals surface area contributed by atoms with E-state index in [9.17, 15) is 14.4 Å². The molecule has 2 aromatic carbocycles. The molecular formula is C23H21BrN2O3.